The van der Waals surface area contributed by atoms with Crippen molar-refractivity contribution in [1.82, 2.24) is 5.32 Å². The number of carboxylic acids is 1. The van der Waals surface area contributed by atoms with Crippen molar-refractivity contribution in [2.75, 3.05) is 0 Å². The van der Waals surface area contributed by atoms with Crippen molar-refractivity contribution in [1.29, 1.82) is 0 Å². The molecule has 5 heteroatoms. The van der Waals surface area contributed by atoms with Crippen LogP contribution >= 0.6 is 0 Å². The van der Waals surface area contributed by atoms with Crippen molar-refractivity contribution in [3.63, 3.8) is 0 Å². The molecule has 98 valence electrons. The SMILES string of the molecule is CCC(C)(NC(=O)C1CCCC(F)C1)C(=O)O. The third-order valence-electron chi connectivity index (χ3n) is 3.56. The van der Waals surface area contributed by atoms with E-state index >= 15 is 0 Å². The van der Waals surface area contributed by atoms with Crippen LogP contribution in [0, 0.1) is 5.92 Å². The maximum atomic E-state index is 13.2. The summed E-state index contributed by atoms with van der Waals surface area (Å²) in [7, 11) is 0. The smallest absolute Gasteiger partial charge is 0.329 e. The number of carboxylic acid groups (broad SMARTS) is 1. The Labute approximate surface area is 101 Å². The average Bonchev–Trinajstić information content (AvgIpc) is 2.28. The first-order valence-corrected chi connectivity index (χ1v) is 6.08. The molecule has 3 unspecified atom stereocenters. The number of carbonyl (C=O) groups excluding carboxylic acids is 1. The molecular formula is C12H20FNO3. The summed E-state index contributed by atoms with van der Waals surface area (Å²) in [5, 5.41) is 11.6. The summed E-state index contributed by atoms with van der Waals surface area (Å²) in [5.41, 5.74) is -1.25. The summed E-state index contributed by atoms with van der Waals surface area (Å²) >= 11 is 0. The van der Waals surface area contributed by atoms with Crippen LogP contribution in [-0.2, 0) is 9.59 Å². The van der Waals surface area contributed by atoms with Crippen LogP contribution in [0.25, 0.3) is 0 Å². The zero-order valence-electron chi connectivity index (χ0n) is 10.3. The summed E-state index contributed by atoms with van der Waals surface area (Å²) in [5.74, 6) is -1.77. The lowest BCUT2D eigenvalue weighted by Gasteiger charge is -2.29. The fourth-order valence-corrected chi connectivity index (χ4v) is 2.04. The standard InChI is InChI=1S/C12H20FNO3/c1-3-12(2,11(16)17)14-10(15)8-5-4-6-9(13)7-8/h8-9H,3-7H2,1-2H3,(H,14,15)(H,16,17). The highest BCUT2D eigenvalue weighted by molar-refractivity contribution is 5.87. The Morgan fingerprint density at radius 2 is 2.12 bits per heavy atom. The van der Waals surface area contributed by atoms with Gasteiger partial charge in [-0.05, 0) is 39.0 Å². The van der Waals surface area contributed by atoms with Crippen LogP contribution in [-0.4, -0.2) is 28.7 Å². The van der Waals surface area contributed by atoms with E-state index in [2.05, 4.69) is 5.32 Å². The molecule has 1 fully saturated rings. The van der Waals surface area contributed by atoms with E-state index in [4.69, 9.17) is 5.11 Å². The largest absolute Gasteiger partial charge is 0.480 e. The molecule has 0 aromatic heterocycles. The second kappa shape index (κ2) is 5.47. The number of nitrogens with one attached hydrogen (secondary N) is 1. The van der Waals surface area contributed by atoms with Gasteiger partial charge in [-0.1, -0.05) is 6.92 Å². The molecule has 0 aromatic carbocycles. The third kappa shape index (κ3) is 3.41. The molecule has 4 nitrogen and oxygen atoms in total. The summed E-state index contributed by atoms with van der Waals surface area (Å²) in [6.45, 7) is 3.18. The molecule has 0 bridgehead atoms. The van der Waals surface area contributed by atoms with Crippen LogP contribution in [0.3, 0.4) is 0 Å². The second-order valence-corrected chi connectivity index (χ2v) is 4.94. The first kappa shape index (κ1) is 13.9. The van der Waals surface area contributed by atoms with Crippen LogP contribution in [0.15, 0.2) is 0 Å². The zero-order chi connectivity index (χ0) is 13.1. The lowest BCUT2D eigenvalue weighted by molar-refractivity contribution is -0.148. The number of halogens is 1. The Morgan fingerprint density at radius 3 is 2.59 bits per heavy atom. The fourth-order valence-electron chi connectivity index (χ4n) is 2.04. The first-order chi connectivity index (χ1) is 7.89. The van der Waals surface area contributed by atoms with Crippen molar-refractivity contribution in [3.8, 4) is 0 Å². The molecular weight excluding hydrogens is 225 g/mol. The summed E-state index contributed by atoms with van der Waals surface area (Å²) in [4.78, 5) is 22.9. The molecule has 1 aliphatic carbocycles. The minimum absolute atomic E-state index is 0.214. The molecule has 1 saturated carbocycles. The Kier molecular flexibility index (Phi) is 4.48. The van der Waals surface area contributed by atoms with Gasteiger partial charge >= 0.3 is 5.97 Å². The van der Waals surface area contributed by atoms with Gasteiger partial charge in [-0.15, -0.1) is 0 Å². The number of carbonyl (C=O) groups is 2. The van der Waals surface area contributed by atoms with Crippen LogP contribution in [0.1, 0.15) is 46.0 Å². The number of aliphatic carboxylic acids is 1. The van der Waals surface area contributed by atoms with Crippen molar-refractivity contribution >= 4 is 11.9 Å². The molecule has 0 spiro atoms. The predicted molar refractivity (Wildman–Crippen MR) is 61.3 cm³/mol. The van der Waals surface area contributed by atoms with Crippen molar-refractivity contribution in [3.05, 3.63) is 0 Å². The highest BCUT2D eigenvalue weighted by Gasteiger charge is 2.36. The zero-order valence-corrected chi connectivity index (χ0v) is 10.3. The van der Waals surface area contributed by atoms with Gasteiger partial charge in [0.2, 0.25) is 5.91 Å². The normalized spacial score (nSPS) is 28.2. The summed E-state index contributed by atoms with van der Waals surface area (Å²) < 4.78 is 13.2. The monoisotopic (exact) mass is 245 g/mol. The lowest BCUT2D eigenvalue weighted by atomic mass is 9.86. The van der Waals surface area contributed by atoms with E-state index in [1.54, 1.807) is 6.92 Å². The number of hydrogen-bond acceptors (Lipinski definition) is 2. The van der Waals surface area contributed by atoms with Gasteiger partial charge in [0.15, 0.2) is 0 Å². The minimum atomic E-state index is -1.25. The molecule has 0 saturated heterocycles. The lowest BCUT2D eigenvalue weighted by Crippen LogP contribution is -2.53. The minimum Gasteiger partial charge on any atom is -0.480 e. The molecule has 1 aliphatic rings. The molecule has 1 rings (SSSR count). The van der Waals surface area contributed by atoms with E-state index in [-0.39, 0.29) is 18.2 Å². The Morgan fingerprint density at radius 1 is 1.47 bits per heavy atom. The highest BCUT2D eigenvalue weighted by atomic mass is 19.1. The van der Waals surface area contributed by atoms with Gasteiger partial charge in [0, 0.05) is 5.92 Å². The Balaban J connectivity index is 2.61. The topological polar surface area (TPSA) is 66.4 Å². The summed E-state index contributed by atoms with van der Waals surface area (Å²) in [6.07, 6.45) is 1.43. The van der Waals surface area contributed by atoms with Crippen molar-refractivity contribution in [2.24, 2.45) is 5.92 Å². The van der Waals surface area contributed by atoms with E-state index in [1.165, 1.54) is 6.92 Å². The maximum absolute atomic E-state index is 13.2. The van der Waals surface area contributed by atoms with Gasteiger partial charge < -0.3 is 10.4 Å². The predicted octanol–water partition coefficient (Wildman–Crippen LogP) is 1.88. The maximum Gasteiger partial charge on any atom is 0.329 e. The quantitative estimate of drug-likeness (QED) is 0.794. The first-order valence-electron chi connectivity index (χ1n) is 6.08. The fraction of sp³-hybridized carbons (Fsp3) is 0.833. The molecule has 0 radical (unpaired) electrons. The van der Waals surface area contributed by atoms with Gasteiger partial charge in [0.1, 0.15) is 11.7 Å². The number of amides is 1. The van der Waals surface area contributed by atoms with Crippen LogP contribution in [0.2, 0.25) is 0 Å². The van der Waals surface area contributed by atoms with E-state index in [1.807, 2.05) is 0 Å². The Bertz CT molecular complexity index is 308. The van der Waals surface area contributed by atoms with E-state index in [0.717, 1.165) is 0 Å². The molecule has 0 aromatic rings. The van der Waals surface area contributed by atoms with E-state index in [9.17, 15) is 14.0 Å². The van der Waals surface area contributed by atoms with Gasteiger partial charge in [0.05, 0.1) is 0 Å². The molecule has 0 aliphatic heterocycles. The highest BCUT2D eigenvalue weighted by Crippen LogP contribution is 2.27. The van der Waals surface area contributed by atoms with Gasteiger partial charge in [-0.2, -0.15) is 0 Å². The number of hydrogen-bond donors (Lipinski definition) is 2. The van der Waals surface area contributed by atoms with Crippen molar-refractivity contribution < 1.29 is 19.1 Å². The molecule has 0 heterocycles. The molecule has 1 amide bonds. The third-order valence-corrected chi connectivity index (χ3v) is 3.56. The van der Waals surface area contributed by atoms with Crippen LogP contribution < -0.4 is 5.32 Å². The van der Waals surface area contributed by atoms with Crippen LogP contribution in [0.4, 0.5) is 4.39 Å². The number of alkyl halides is 1. The summed E-state index contributed by atoms with van der Waals surface area (Å²) in [6, 6.07) is 0. The van der Waals surface area contributed by atoms with Gasteiger partial charge in [-0.3, -0.25) is 4.79 Å². The van der Waals surface area contributed by atoms with Crippen LogP contribution in [0.5, 0.6) is 0 Å². The molecule has 17 heavy (non-hydrogen) atoms. The van der Waals surface area contributed by atoms with E-state index < -0.39 is 17.7 Å². The Hall–Kier alpha value is -1.13. The average molecular weight is 245 g/mol. The van der Waals surface area contributed by atoms with Gasteiger partial charge in [0.25, 0.3) is 0 Å². The molecule has 3 atom stereocenters. The number of rotatable bonds is 4. The van der Waals surface area contributed by atoms with Crippen molar-refractivity contribution in [2.45, 2.75) is 57.7 Å². The molecule has 2 N–H and O–H groups in total. The second-order valence-electron chi connectivity index (χ2n) is 4.94. The van der Waals surface area contributed by atoms with E-state index in [0.29, 0.717) is 25.7 Å². The van der Waals surface area contributed by atoms with Gasteiger partial charge in [-0.25, -0.2) is 9.18 Å².